The van der Waals surface area contributed by atoms with Gasteiger partial charge >= 0.3 is 11.9 Å². The van der Waals surface area contributed by atoms with Crippen LogP contribution in [0.25, 0.3) is 0 Å². The summed E-state index contributed by atoms with van der Waals surface area (Å²) in [4.78, 5) is 22.1. The molecule has 0 aromatic heterocycles. The number of rotatable bonds is 3. The molecule has 96 valence electrons. The molecule has 1 fully saturated rings. The van der Waals surface area contributed by atoms with E-state index in [1.807, 2.05) is 0 Å². The van der Waals surface area contributed by atoms with E-state index in [1.54, 1.807) is 24.3 Å². The average Bonchev–Trinajstić information content (AvgIpc) is 2.75. The third-order valence-corrected chi connectivity index (χ3v) is 3.37. The zero-order valence-corrected chi connectivity index (χ0v) is 10.1. The fourth-order valence-electron chi connectivity index (χ4n) is 2.21. The van der Waals surface area contributed by atoms with Gasteiger partial charge in [0.15, 0.2) is 0 Å². The predicted octanol–water partition coefficient (Wildman–Crippen LogP) is 1.53. The molecule has 0 spiro atoms. The minimum Gasteiger partial charge on any atom is -0.481 e. The van der Waals surface area contributed by atoms with Crippen LogP contribution in [0.3, 0.4) is 0 Å². The quantitative estimate of drug-likeness (QED) is 0.775. The molecule has 1 heterocycles. The highest BCUT2D eigenvalue weighted by atomic mass is 35.5. The van der Waals surface area contributed by atoms with Crippen LogP contribution in [-0.2, 0) is 9.59 Å². The lowest BCUT2D eigenvalue weighted by Crippen LogP contribution is -2.32. The Morgan fingerprint density at radius 1 is 1.17 bits per heavy atom. The van der Waals surface area contributed by atoms with Gasteiger partial charge in [-0.15, -0.1) is 0 Å². The Bertz CT molecular complexity index is 473. The maximum absolute atomic E-state index is 11.2. The van der Waals surface area contributed by atoms with Gasteiger partial charge in [0.25, 0.3) is 0 Å². The third-order valence-electron chi connectivity index (χ3n) is 3.12. The summed E-state index contributed by atoms with van der Waals surface area (Å²) in [6, 6.07) is 5.41. The number of carboxylic acid groups (broad SMARTS) is 2. The maximum Gasteiger partial charge on any atom is 0.320 e. The molecular formula is C12H12ClNO4. The van der Waals surface area contributed by atoms with E-state index in [1.165, 1.54) is 0 Å². The molecule has 6 heteroatoms. The first-order chi connectivity index (χ1) is 8.49. The highest BCUT2D eigenvalue weighted by Crippen LogP contribution is 2.33. The molecule has 1 aliphatic heterocycles. The Kier molecular flexibility index (Phi) is 3.54. The molecule has 1 aromatic carbocycles. The van der Waals surface area contributed by atoms with Gasteiger partial charge in [-0.05, 0) is 24.1 Å². The first-order valence-corrected chi connectivity index (χ1v) is 5.84. The van der Waals surface area contributed by atoms with Crippen molar-refractivity contribution in [3.05, 3.63) is 34.9 Å². The van der Waals surface area contributed by atoms with Gasteiger partial charge in [-0.2, -0.15) is 0 Å². The van der Waals surface area contributed by atoms with Crippen molar-refractivity contribution in [1.29, 1.82) is 0 Å². The average molecular weight is 270 g/mol. The second-order valence-electron chi connectivity index (χ2n) is 4.27. The number of benzene rings is 1. The second-order valence-corrected chi connectivity index (χ2v) is 4.70. The van der Waals surface area contributed by atoms with Crippen LogP contribution in [0.5, 0.6) is 0 Å². The number of carbonyl (C=O) groups is 2. The summed E-state index contributed by atoms with van der Waals surface area (Å²) in [7, 11) is 0. The highest BCUT2D eigenvalue weighted by molar-refractivity contribution is 6.30. The molecule has 0 radical (unpaired) electrons. The van der Waals surface area contributed by atoms with Crippen molar-refractivity contribution in [2.45, 2.75) is 18.5 Å². The minimum absolute atomic E-state index is 0.0813. The van der Waals surface area contributed by atoms with E-state index in [-0.39, 0.29) is 6.42 Å². The Morgan fingerprint density at radius 3 is 2.28 bits per heavy atom. The molecule has 0 aliphatic carbocycles. The standard InChI is InChI=1S/C12H12ClNO4/c13-7-3-1-6(2-4-7)10-8(11(15)16)5-9(14-10)12(17)18/h1-4,8-10,14H,5H2,(H,15,16)(H,17,18)/t8-,9-,10-/m0/s1. The predicted molar refractivity (Wildman–Crippen MR) is 64.5 cm³/mol. The maximum atomic E-state index is 11.2. The van der Waals surface area contributed by atoms with E-state index in [0.717, 1.165) is 5.56 Å². The van der Waals surface area contributed by atoms with Gasteiger partial charge < -0.3 is 10.2 Å². The smallest absolute Gasteiger partial charge is 0.320 e. The molecule has 3 atom stereocenters. The Labute approximate surface area is 108 Å². The molecule has 18 heavy (non-hydrogen) atoms. The van der Waals surface area contributed by atoms with Crippen molar-refractivity contribution in [2.24, 2.45) is 5.92 Å². The lowest BCUT2D eigenvalue weighted by molar-refractivity contribution is -0.142. The molecule has 0 bridgehead atoms. The van der Waals surface area contributed by atoms with E-state index in [2.05, 4.69) is 5.32 Å². The highest BCUT2D eigenvalue weighted by Gasteiger charge is 2.41. The second kappa shape index (κ2) is 4.96. The Morgan fingerprint density at radius 2 is 1.78 bits per heavy atom. The third kappa shape index (κ3) is 2.47. The first kappa shape index (κ1) is 12.9. The summed E-state index contributed by atoms with van der Waals surface area (Å²) in [6.45, 7) is 0. The van der Waals surface area contributed by atoms with E-state index in [0.29, 0.717) is 5.02 Å². The van der Waals surface area contributed by atoms with Gasteiger partial charge in [0, 0.05) is 11.1 Å². The molecule has 3 N–H and O–H groups in total. The summed E-state index contributed by atoms with van der Waals surface area (Å²) in [5.74, 6) is -2.77. The Balaban J connectivity index is 2.27. The molecule has 1 aromatic rings. The van der Waals surface area contributed by atoms with Gasteiger partial charge in [0.2, 0.25) is 0 Å². The SMILES string of the molecule is O=C(O)[C@@H]1C[C@H](C(=O)O)[C@H](c2ccc(Cl)cc2)N1. The molecule has 0 amide bonds. The molecule has 0 saturated carbocycles. The van der Waals surface area contributed by atoms with E-state index in [4.69, 9.17) is 21.8 Å². The van der Waals surface area contributed by atoms with E-state index < -0.39 is 29.9 Å². The topological polar surface area (TPSA) is 86.6 Å². The van der Waals surface area contributed by atoms with Gasteiger partial charge in [-0.25, -0.2) is 0 Å². The summed E-state index contributed by atoms with van der Waals surface area (Å²) >= 11 is 5.77. The van der Waals surface area contributed by atoms with Crippen molar-refractivity contribution < 1.29 is 19.8 Å². The van der Waals surface area contributed by atoms with Crippen LogP contribution in [0.4, 0.5) is 0 Å². The summed E-state index contributed by atoms with van der Waals surface area (Å²) < 4.78 is 0. The van der Waals surface area contributed by atoms with Crippen LogP contribution in [0.1, 0.15) is 18.0 Å². The molecule has 1 saturated heterocycles. The summed E-state index contributed by atoms with van der Waals surface area (Å²) in [5, 5.41) is 21.5. The summed E-state index contributed by atoms with van der Waals surface area (Å²) in [5.41, 5.74) is 0.732. The van der Waals surface area contributed by atoms with Crippen LogP contribution < -0.4 is 5.32 Å². The zero-order valence-electron chi connectivity index (χ0n) is 9.34. The van der Waals surface area contributed by atoms with Gasteiger partial charge in [0.05, 0.1) is 5.92 Å². The van der Waals surface area contributed by atoms with Crippen LogP contribution in [-0.4, -0.2) is 28.2 Å². The van der Waals surface area contributed by atoms with Crippen molar-refractivity contribution in [1.82, 2.24) is 5.32 Å². The van der Waals surface area contributed by atoms with Crippen molar-refractivity contribution in [3.63, 3.8) is 0 Å². The van der Waals surface area contributed by atoms with Crippen LogP contribution in [0, 0.1) is 5.92 Å². The van der Waals surface area contributed by atoms with Gasteiger partial charge in [-0.1, -0.05) is 23.7 Å². The fraction of sp³-hybridized carbons (Fsp3) is 0.333. The zero-order chi connectivity index (χ0) is 13.3. The number of hydrogen-bond acceptors (Lipinski definition) is 3. The summed E-state index contributed by atoms with van der Waals surface area (Å²) in [6.07, 6.45) is 0.0813. The lowest BCUT2D eigenvalue weighted by Gasteiger charge is -2.16. The van der Waals surface area contributed by atoms with Crippen molar-refractivity contribution >= 4 is 23.5 Å². The van der Waals surface area contributed by atoms with Crippen LogP contribution in [0.2, 0.25) is 5.02 Å². The van der Waals surface area contributed by atoms with E-state index >= 15 is 0 Å². The number of halogens is 1. The number of hydrogen-bond donors (Lipinski definition) is 3. The monoisotopic (exact) mass is 269 g/mol. The number of aliphatic carboxylic acids is 2. The van der Waals surface area contributed by atoms with Crippen LogP contribution >= 0.6 is 11.6 Å². The van der Waals surface area contributed by atoms with Gasteiger partial charge in [-0.3, -0.25) is 14.9 Å². The normalized spacial score (nSPS) is 27.1. The molecule has 0 unspecified atom stereocenters. The number of nitrogens with one attached hydrogen (secondary N) is 1. The molecular weight excluding hydrogens is 258 g/mol. The minimum atomic E-state index is -1.03. The number of carboxylic acids is 2. The van der Waals surface area contributed by atoms with E-state index in [9.17, 15) is 9.59 Å². The molecule has 5 nitrogen and oxygen atoms in total. The molecule has 2 rings (SSSR count). The first-order valence-electron chi connectivity index (χ1n) is 5.46. The Hall–Kier alpha value is -1.59. The van der Waals surface area contributed by atoms with Crippen molar-refractivity contribution in [3.8, 4) is 0 Å². The molecule has 1 aliphatic rings. The van der Waals surface area contributed by atoms with Gasteiger partial charge in [0.1, 0.15) is 6.04 Å². The largest absolute Gasteiger partial charge is 0.481 e. The van der Waals surface area contributed by atoms with Crippen LogP contribution in [0.15, 0.2) is 24.3 Å². The van der Waals surface area contributed by atoms with Crippen molar-refractivity contribution in [2.75, 3.05) is 0 Å². The fourth-order valence-corrected chi connectivity index (χ4v) is 2.33. The lowest BCUT2D eigenvalue weighted by atomic mass is 9.93.